The number of ether oxygens (including phenoxy) is 1. The molecular weight excluding hydrogens is 351 g/mol. The Labute approximate surface area is 147 Å². The molecule has 0 aliphatic rings. The fraction of sp³-hybridized carbons (Fsp3) is 0.111. The van der Waals surface area contributed by atoms with Crippen LogP contribution in [0.15, 0.2) is 51.7 Å². The lowest BCUT2D eigenvalue weighted by molar-refractivity contribution is 0.0730. The molecule has 24 heavy (non-hydrogen) atoms. The van der Waals surface area contributed by atoms with Crippen molar-refractivity contribution in [3.63, 3.8) is 0 Å². The third-order valence-electron chi connectivity index (χ3n) is 3.51. The van der Waals surface area contributed by atoms with Crippen molar-refractivity contribution in [3.8, 4) is 5.75 Å². The van der Waals surface area contributed by atoms with Gasteiger partial charge in [-0.3, -0.25) is 0 Å². The van der Waals surface area contributed by atoms with E-state index < -0.39 is 11.6 Å². The zero-order valence-corrected chi connectivity index (χ0v) is 14.1. The van der Waals surface area contributed by atoms with E-state index in [0.29, 0.717) is 27.6 Å². The second kappa shape index (κ2) is 6.67. The van der Waals surface area contributed by atoms with Crippen LogP contribution >= 0.6 is 23.2 Å². The smallest absolute Gasteiger partial charge is 0.351 e. The van der Waals surface area contributed by atoms with Crippen molar-refractivity contribution in [2.24, 2.45) is 0 Å². The molecular formula is C18H12Cl2O4. The van der Waals surface area contributed by atoms with Gasteiger partial charge in [0.1, 0.15) is 16.9 Å². The van der Waals surface area contributed by atoms with Crippen LogP contribution in [0.5, 0.6) is 5.75 Å². The Balaban J connectivity index is 1.97. The zero-order valence-electron chi connectivity index (χ0n) is 12.6. The Kier molecular flexibility index (Phi) is 4.60. The van der Waals surface area contributed by atoms with Crippen molar-refractivity contribution in [1.82, 2.24) is 0 Å². The van der Waals surface area contributed by atoms with Crippen molar-refractivity contribution < 1.29 is 13.9 Å². The predicted molar refractivity (Wildman–Crippen MR) is 93.2 cm³/mol. The summed E-state index contributed by atoms with van der Waals surface area (Å²) in [5.41, 5.74) is 1.07. The molecule has 0 fully saturated rings. The summed E-state index contributed by atoms with van der Waals surface area (Å²) >= 11 is 11.7. The number of carbonyl (C=O) groups excluding carboxylic acids is 1. The highest BCUT2D eigenvalue weighted by Gasteiger charge is 2.16. The maximum atomic E-state index is 12.3. The van der Waals surface area contributed by atoms with Crippen LogP contribution in [0.1, 0.15) is 21.5 Å². The van der Waals surface area contributed by atoms with E-state index in [1.165, 1.54) is 6.07 Å². The summed E-state index contributed by atoms with van der Waals surface area (Å²) in [5, 5.41) is 1.17. The first kappa shape index (κ1) is 16.6. The highest BCUT2D eigenvalue weighted by atomic mass is 35.5. The topological polar surface area (TPSA) is 56.5 Å². The van der Waals surface area contributed by atoms with Gasteiger partial charge in [0, 0.05) is 16.3 Å². The lowest BCUT2D eigenvalue weighted by Gasteiger charge is -2.06. The standard InChI is InChI=1S/C18H12Cl2O4/c1-10-6-13(3-4-15(10)20)23-17(21)14-8-12-7-11(9-19)2-5-16(12)24-18(14)22/h2-8H,9H2,1H3. The number of fused-ring (bicyclic) bond motifs is 1. The highest BCUT2D eigenvalue weighted by molar-refractivity contribution is 6.31. The quantitative estimate of drug-likeness (QED) is 0.293. The van der Waals surface area contributed by atoms with E-state index in [9.17, 15) is 9.59 Å². The van der Waals surface area contributed by atoms with Gasteiger partial charge in [-0.1, -0.05) is 17.7 Å². The van der Waals surface area contributed by atoms with E-state index in [1.54, 1.807) is 43.3 Å². The maximum Gasteiger partial charge on any atom is 0.351 e. The summed E-state index contributed by atoms with van der Waals surface area (Å²) in [6.07, 6.45) is 0. The van der Waals surface area contributed by atoms with E-state index in [4.69, 9.17) is 32.4 Å². The van der Waals surface area contributed by atoms with Gasteiger partial charge in [0.2, 0.25) is 0 Å². The molecule has 0 saturated carbocycles. The van der Waals surface area contributed by atoms with Gasteiger partial charge in [-0.05, 0) is 54.4 Å². The molecule has 0 aliphatic heterocycles. The molecule has 122 valence electrons. The van der Waals surface area contributed by atoms with Crippen LogP contribution in [0, 0.1) is 6.92 Å². The Morgan fingerprint density at radius 3 is 2.67 bits per heavy atom. The first-order chi connectivity index (χ1) is 11.5. The molecule has 0 atom stereocenters. The van der Waals surface area contributed by atoms with E-state index in [-0.39, 0.29) is 5.56 Å². The van der Waals surface area contributed by atoms with Gasteiger partial charge < -0.3 is 9.15 Å². The van der Waals surface area contributed by atoms with E-state index in [0.717, 1.165) is 11.1 Å². The van der Waals surface area contributed by atoms with Gasteiger partial charge in [0.25, 0.3) is 0 Å². The molecule has 0 saturated heterocycles. The molecule has 0 N–H and O–H groups in total. The zero-order chi connectivity index (χ0) is 17.3. The molecule has 0 unspecified atom stereocenters. The van der Waals surface area contributed by atoms with Crippen LogP contribution in [0.3, 0.4) is 0 Å². The third kappa shape index (κ3) is 3.30. The number of carbonyl (C=O) groups is 1. The molecule has 1 aromatic heterocycles. The van der Waals surface area contributed by atoms with Gasteiger partial charge in [-0.25, -0.2) is 9.59 Å². The van der Waals surface area contributed by atoms with Crippen molar-refractivity contribution >= 4 is 40.1 Å². The predicted octanol–water partition coefficient (Wildman–Crippen LogP) is 4.71. The molecule has 2 aromatic carbocycles. The molecule has 0 radical (unpaired) electrons. The number of aryl methyl sites for hydroxylation is 1. The van der Waals surface area contributed by atoms with E-state index in [1.807, 2.05) is 0 Å². The van der Waals surface area contributed by atoms with E-state index >= 15 is 0 Å². The molecule has 0 spiro atoms. The number of hydrogen-bond acceptors (Lipinski definition) is 4. The normalized spacial score (nSPS) is 10.8. The van der Waals surface area contributed by atoms with Gasteiger partial charge in [0.15, 0.2) is 0 Å². The number of benzene rings is 2. The maximum absolute atomic E-state index is 12.3. The first-order valence-corrected chi connectivity index (χ1v) is 8.00. The van der Waals surface area contributed by atoms with Crippen LogP contribution in [0.4, 0.5) is 0 Å². The van der Waals surface area contributed by atoms with Crippen LogP contribution in [-0.2, 0) is 5.88 Å². The lowest BCUT2D eigenvalue weighted by Crippen LogP contribution is -2.18. The van der Waals surface area contributed by atoms with E-state index in [2.05, 4.69) is 0 Å². The minimum atomic E-state index is -0.788. The summed E-state index contributed by atoms with van der Waals surface area (Å²) in [6.45, 7) is 1.79. The number of alkyl halides is 1. The summed E-state index contributed by atoms with van der Waals surface area (Å²) in [6, 6.07) is 11.4. The molecule has 3 rings (SSSR count). The lowest BCUT2D eigenvalue weighted by atomic mass is 10.1. The average Bonchev–Trinajstić information content (AvgIpc) is 2.57. The average molecular weight is 363 g/mol. The number of halogens is 2. The molecule has 0 bridgehead atoms. The summed E-state index contributed by atoms with van der Waals surface area (Å²) in [5.74, 6) is -0.168. The molecule has 0 amide bonds. The van der Waals surface area contributed by atoms with Gasteiger partial charge >= 0.3 is 11.6 Å². The molecule has 4 nitrogen and oxygen atoms in total. The van der Waals surface area contributed by atoms with Crippen molar-refractivity contribution in [2.75, 3.05) is 0 Å². The number of rotatable bonds is 3. The SMILES string of the molecule is Cc1cc(OC(=O)c2cc3cc(CCl)ccc3oc2=O)ccc1Cl. The van der Waals surface area contributed by atoms with Crippen LogP contribution in [0.25, 0.3) is 11.0 Å². The number of esters is 1. The number of hydrogen-bond donors (Lipinski definition) is 0. The van der Waals surface area contributed by atoms with Gasteiger partial charge in [0.05, 0.1) is 0 Å². The van der Waals surface area contributed by atoms with Crippen LogP contribution in [0.2, 0.25) is 5.02 Å². The molecule has 3 aromatic rings. The van der Waals surface area contributed by atoms with Crippen molar-refractivity contribution in [1.29, 1.82) is 0 Å². The van der Waals surface area contributed by atoms with Crippen LogP contribution < -0.4 is 10.4 Å². The molecule has 1 heterocycles. The minimum absolute atomic E-state index is 0.179. The highest BCUT2D eigenvalue weighted by Crippen LogP contribution is 2.22. The second-order valence-electron chi connectivity index (χ2n) is 5.25. The fourth-order valence-corrected chi connectivity index (χ4v) is 2.52. The summed E-state index contributed by atoms with van der Waals surface area (Å²) in [7, 11) is 0. The largest absolute Gasteiger partial charge is 0.423 e. The Morgan fingerprint density at radius 1 is 1.17 bits per heavy atom. The van der Waals surface area contributed by atoms with Crippen molar-refractivity contribution in [2.45, 2.75) is 12.8 Å². The molecule has 0 aliphatic carbocycles. The summed E-state index contributed by atoms with van der Waals surface area (Å²) in [4.78, 5) is 24.3. The molecule has 6 heteroatoms. The minimum Gasteiger partial charge on any atom is -0.423 e. The van der Waals surface area contributed by atoms with Gasteiger partial charge in [-0.2, -0.15) is 0 Å². The Bertz CT molecular complexity index is 992. The van der Waals surface area contributed by atoms with Crippen LogP contribution in [-0.4, -0.2) is 5.97 Å². The Morgan fingerprint density at radius 2 is 1.96 bits per heavy atom. The monoisotopic (exact) mass is 362 g/mol. The first-order valence-electron chi connectivity index (χ1n) is 7.09. The summed E-state index contributed by atoms with van der Waals surface area (Å²) < 4.78 is 10.4. The fourth-order valence-electron chi connectivity index (χ4n) is 2.24. The van der Waals surface area contributed by atoms with Crippen molar-refractivity contribution in [3.05, 3.63) is 74.6 Å². The Hall–Kier alpha value is -2.30. The van der Waals surface area contributed by atoms with Gasteiger partial charge in [-0.15, -0.1) is 11.6 Å². The third-order valence-corrected chi connectivity index (χ3v) is 4.24. The second-order valence-corrected chi connectivity index (χ2v) is 5.93.